The average Bonchev–Trinajstić information content (AvgIpc) is 2.81. The highest BCUT2D eigenvalue weighted by atomic mass is 16.5. The zero-order valence-corrected chi connectivity index (χ0v) is 11.2. The van der Waals surface area contributed by atoms with E-state index < -0.39 is 5.97 Å². The summed E-state index contributed by atoms with van der Waals surface area (Å²) in [6.45, 7) is 7.00. The molecule has 102 valence electrons. The van der Waals surface area contributed by atoms with Crippen molar-refractivity contribution in [3.8, 4) is 0 Å². The van der Waals surface area contributed by atoms with Crippen molar-refractivity contribution in [2.75, 3.05) is 26.9 Å². The van der Waals surface area contributed by atoms with E-state index >= 15 is 0 Å². The third kappa shape index (κ3) is 5.33. The van der Waals surface area contributed by atoms with Crippen LogP contribution in [0.1, 0.15) is 30.2 Å². The molecule has 1 N–H and O–H groups in total. The fourth-order valence-electron chi connectivity index (χ4n) is 1.36. The molecule has 0 aliphatic rings. The van der Waals surface area contributed by atoms with E-state index in [0.29, 0.717) is 24.8 Å². The Labute approximate surface area is 107 Å². The van der Waals surface area contributed by atoms with E-state index in [2.05, 4.69) is 23.9 Å². The molecule has 1 aromatic rings. The summed E-state index contributed by atoms with van der Waals surface area (Å²) in [5.74, 6) is 1.03. The van der Waals surface area contributed by atoms with Crippen LogP contribution in [0, 0.1) is 5.92 Å². The standard InChI is InChI=1S/C13H21NO4/c1-10(2)9-17-7-6-14-8-11-4-5-12(18-11)13(15)16-3/h4-5,10,14H,6-9H2,1-3H3. The topological polar surface area (TPSA) is 60.7 Å². The maximum absolute atomic E-state index is 11.1. The lowest BCUT2D eigenvalue weighted by atomic mass is 10.2. The van der Waals surface area contributed by atoms with Gasteiger partial charge in [0.05, 0.1) is 20.3 Å². The summed E-state index contributed by atoms with van der Waals surface area (Å²) in [6.07, 6.45) is 0. The fraction of sp³-hybridized carbons (Fsp3) is 0.615. The Balaban J connectivity index is 2.16. The van der Waals surface area contributed by atoms with E-state index in [0.717, 1.165) is 13.2 Å². The molecule has 5 nitrogen and oxygen atoms in total. The molecule has 0 fully saturated rings. The average molecular weight is 255 g/mol. The largest absolute Gasteiger partial charge is 0.463 e. The number of hydrogen-bond acceptors (Lipinski definition) is 5. The van der Waals surface area contributed by atoms with Gasteiger partial charge in [0.2, 0.25) is 5.76 Å². The number of nitrogens with one attached hydrogen (secondary N) is 1. The van der Waals surface area contributed by atoms with Crippen molar-refractivity contribution in [3.63, 3.8) is 0 Å². The van der Waals surface area contributed by atoms with Gasteiger partial charge in [-0.3, -0.25) is 0 Å². The van der Waals surface area contributed by atoms with Crippen LogP contribution in [0.4, 0.5) is 0 Å². The first kappa shape index (κ1) is 14.7. The monoisotopic (exact) mass is 255 g/mol. The van der Waals surface area contributed by atoms with Crippen LogP contribution in [-0.2, 0) is 16.0 Å². The Kier molecular flexibility index (Phi) is 6.46. The van der Waals surface area contributed by atoms with E-state index in [1.54, 1.807) is 12.1 Å². The normalized spacial score (nSPS) is 10.9. The van der Waals surface area contributed by atoms with Crippen molar-refractivity contribution in [2.45, 2.75) is 20.4 Å². The summed E-state index contributed by atoms with van der Waals surface area (Å²) >= 11 is 0. The number of esters is 1. The fourth-order valence-corrected chi connectivity index (χ4v) is 1.36. The van der Waals surface area contributed by atoms with E-state index in [9.17, 15) is 4.79 Å². The molecule has 1 heterocycles. The first-order valence-electron chi connectivity index (χ1n) is 6.09. The van der Waals surface area contributed by atoms with Crippen LogP contribution in [0.3, 0.4) is 0 Å². The van der Waals surface area contributed by atoms with E-state index in [4.69, 9.17) is 9.15 Å². The molecule has 0 saturated carbocycles. The molecule has 0 unspecified atom stereocenters. The highest BCUT2D eigenvalue weighted by Gasteiger charge is 2.10. The van der Waals surface area contributed by atoms with Gasteiger partial charge in [-0.1, -0.05) is 13.8 Å². The molecule has 0 atom stereocenters. The van der Waals surface area contributed by atoms with Gasteiger partial charge < -0.3 is 19.2 Å². The second-order valence-corrected chi connectivity index (χ2v) is 4.40. The quantitative estimate of drug-likeness (QED) is 0.567. The van der Waals surface area contributed by atoms with E-state index in [1.807, 2.05) is 0 Å². The third-order valence-electron chi connectivity index (χ3n) is 2.22. The molecular weight excluding hydrogens is 234 g/mol. The molecule has 1 rings (SSSR count). The number of carbonyl (C=O) groups excluding carboxylic acids is 1. The first-order valence-corrected chi connectivity index (χ1v) is 6.09. The Morgan fingerprint density at radius 2 is 2.22 bits per heavy atom. The lowest BCUT2D eigenvalue weighted by Gasteiger charge is -2.07. The summed E-state index contributed by atoms with van der Waals surface area (Å²) in [5, 5.41) is 3.17. The second kappa shape index (κ2) is 7.89. The van der Waals surface area contributed by atoms with Crippen LogP contribution in [0.2, 0.25) is 0 Å². The zero-order valence-electron chi connectivity index (χ0n) is 11.2. The predicted octanol–water partition coefficient (Wildman–Crippen LogP) is 1.83. The molecule has 0 amide bonds. The van der Waals surface area contributed by atoms with Gasteiger partial charge in [-0.15, -0.1) is 0 Å². The molecule has 0 spiro atoms. The van der Waals surface area contributed by atoms with Crippen LogP contribution in [0.15, 0.2) is 16.5 Å². The zero-order chi connectivity index (χ0) is 13.4. The number of ether oxygens (including phenoxy) is 2. The summed E-state index contributed by atoms with van der Waals surface area (Å²) in [4.78, 5) is 11.1. The SMILES string of the molecule is COC(=O)c1ccc(CNCCOCC(C)C)o1. The minimum Gasteiger partial charge on any atom is -0.463 e. The molecular formula is C13H21NO4. The van der Waals surface area contributed by atoms with Gasteiger partial charge in [0.1, 0.15) is 5.76 Å². The van der Waals surface area contributed by atoms with Crippen molar-refractivity contribution in [1.29, 1.82) is 0 Å². The minimum atomic E-state index is -0.457. The Bertz CT molecular complexity index is 360. The van der Waals surface area contributed by atoms with Gasteiger partial charge in [0.15, 0.2) is 0 Å². The van der Waals surface area contributed by atoms with E-state index in [1.165, 1.54) is 7.11 Å². The summed E-state index contributed by atoms with van der Waals surface area (Å²) in [5.41, 5.74) is 0. The molecule has 1 aromatic heterocycles. The number of carbonyl (C=O) groups is 1. The molecule has 5 heteroatoms. The van der Waals surface area contributed by atoms with E-state index in [-0.39, 0.29) is 5.76 Å². The second-order valence-electron chi connectivity index (χ2n) is 4.40. The highest BCUT2D eigenvalue weighted by Crippen LogP contribution is 2.08. The smallest absolute Gasteiger partial charge is 0.373 e. The Hall–Kier alpha value is -1.33. The molecule has 0 saturated heterocycles. The summed E-state index contributed by atoms with van der Waals surface area (Å²) < 4.78 is 15.3. The van der Waals surface area contributed by atoms with Crippen molar-refractivity contribution in [3.05, 3.63) is 23.7 Å². The predicted molar refractivity (Wildman–Crippen MR) is 67.4 cm³/mol. The molecule has 0 aliphatic heterocycles. The van der Waals surface area contributed by atoms with Crippen molar-refractivity contribution < 1.29 is 18.7 Å². The van der Waals surface area contributed by atoms with Gasteiger partial charge in [0, 0.05) is 13.2 Å². The summed E-state index contributed by atoms with van der Waals surface area (Å²) in [6, 6.07) is 3.37. The van der Waals surface area contributed by atoms with Gasteiger partial charge in [-0.05, 0) is 18.1 Å². The lowest BCUT2D eigenvalue weighted by molar-refractivity contribution is 0.0562. The minimum absolute atomic E-state index is 0.227. The lowest BCUT2D eigenvalue weighted by Crippen LogP contribution is -2.20. The van der Waals surface area contributed by atoms with Gasteiger partial charge in [-0.25, -0.2) is 4.79 Å². The number of rotatable bonds is 8. The van der Waals surface area contributed by atoms with Gasteiger partial charge >= 0.3 is 5.97 Å². The van der Waals surface area contributed by atoms with Crippen LogP contribution in [0.5, 0.6) is 0 Å². The number of furan rings is 1. The maximum atomic E-state index is 11.1. The van der Waals surface area contributed by atoms with Crippen LogP contribution in [-0.4, -0.2) is 32.8 Å². The van der Waals surface area contributed by atoms with Crippen LogP contribution < -0.4 is 5.32 Å². The van der Waals surface area contributed by atoms with Gasteiger partial charge in [-0.2, -0.15) is 0 Å². The maximum Gasteiger partial charge on any atom is 0.373 e. The number of hydrogen-bond donors (Lipinski definition) is 1. The van der Waals surface area contributed by atoms with Crippen LogP contribution >= 0.6 is 0 Å². The Morgan fingerprint density at radius 1 is 1.44 bits per heavy atom. The summed E-state index contributed by atoms with van der Waals surface area (Å²) in [7, 11) is 1.33. The molecule has 0 radical (unpaired) electrons. The highest BCUT2D eigenvalue weighted by molar-refractivity contribution is 5.86. The van der Waals surface area contributed by atoms with Crippen LogP contribution in [0.25, 0.3) is 0 Å². The third-order valence-corrected chi connectivity index (χ3v) is 2.22. The first-order chi connectivity index (χ1) is 8.63. The Morgan fingerprint density at radius 3 is 2.89 bits per heavy atom. The molecule has 18 heavy (non-hydrogen) atoms. The van der Waals surface area contributed by atoms with Gasteiger partial charge in [0.25, 0.3) is 0 Å². The van der Waals surface area contributed by atoms with Crippen molar-refractivity contribution >= 4 is 5.97 Å². The molecule has 0 aromatic carbocycles. The van der Waals surface area contributed by atoms with Crippen molar-refractivity contribution in [1.82, 2.24) is 5.32 Å². The van der Waals surface area contributed by atoms with Crippen molar-refractivity contribution in [2.24, 2.45) is 5.92 Å². The molecule has 0 bridgehead atoms. The molecule has 0 aliphatic carbocycles. The number of methoxy groups -OCH3 is 1.